The lowest BCUT2D eigenvalue weighted by Gasteiger charge is -2.14. The predicted octanol–water partition coefficient (Wildman–Crippen LogP) is 33.0. The molecule has 0 aliphatic carbocycles. The molecule has 0 atom stereocenters. The molecule has 7 heterocycles. The van der Waals surface area contributed by atoms with Crippen LogP contribution in [0.4, 0.5) is 0 Å². The molecule has 0 saturated carbocycles. The average Bonchev–Trinajstić information content (AvgIpc) is 1.27. The SMILES string of the molecule is c1ccc(-c2ccc(-c3nc(-c4ccc5oc6cc(-c7ccccc7)ccc6c5c4)nc(-n4c5ccccc5c5ccccc54)n3)cc2)cc1.c1ccc(-c2nc(-c3ccc4ccccc4c3)nc(-c3ccc(-c4ccc5oc6ccccc6c5c4)c4ccccc34)n2)cc1.c1ccc(-c2nc(-c3ccc4ccccc4c3)nc(-c3ccc(-c4cccc5oc6ccccc6c45)c4ccccc34)n2)cc1. The zero-order valence-corrected chi connectivity index (χ0v) is 75.2. The van der Waals surface area contributed by atoms with Gasteiger partial charge in [0.05, 0.1) is 11.0 Å². The molecule has 0 spiro atoms. The van der Waals surface area contributed by atoms with E-state index < -0.39 is 0 Å². The normalized spacial score (nSPS) is 11.6. The lowest BCUT2D eigenvalue weighted by atomic mass is 9.92. The first-order valence-electron chi connectivity index (χ1n) is 46.8. The van der Waals surface area contributed by atoms with E-state index in [1.807, 2.05) is 115 Å². The van der Waals surface area contributed by atoms with Gasteiger partial charge in [-0.05, 0) is 185 Å². The summed E-state index contributed by atoms with van der Waals surface area (Å²) in [6.45, 7) is 0. The largest absolute Gasteiger partial charge is 0.456 e. The van der Waals surface area contributed by atoms with E-state index in [4.69, 9.17) is 58.1 Å². The molecule has 13 heteroatoms. The van der Waals surface area contributed by atoms with Crippen molar-refractivity contribution >= 4 is 131 Å². The number of para-hydroxylation sites is 4. The van der Waals surface area contributed by atoms with Gasteiger partial charge in [-0.25, -0.2) is 34.9 Å². The van der Waals surface area contributed by atoms with Crippen molar-refractivity contribution in [2.75, 3.05) is 0 Å². The minimum atomic E-state index is 0.569. The molecule has 0 N–H and O–H groups in total. The molecule has 28 rings (SSSR count). The Morgan fingerprint density at radius 3 is 1.02 bits per heavy atom. The molecule has 654 valence electrons. The van der Waals surface area contributed by atoms with Crippen LogP contribution in [0.1, 0.15) is 0 Å². The van der Waals surface area contributed by atoms with Gasteiger partial charge in [0.15, 0.2) is 46.6 Å². The van der Waals surface area contributed by atoms with Gasteiger partial charge < -0.3 is 13.3 Å². The number of benzene rings is 21. The summed E-state index contributed by atoms with van der Waals surface area (Å²) >= 11 is 0. The number of furan rings is 3. The molecule has 0 bridgehead atoms. The van der Waals surface area contributed by atoms with Gasteiger partial charge in [0.2, 0.25) is 5.95 Å². The molecule has 0 saturated heterocycles. The Morgan fingerprint density at radius 2 is 0.464 bits per heavy atom. The molecule has 13 nitrogen and oxygen atoms in total. The third kappa shape index (κ3) is 15.0. The molecule has 0 aliphatic heterocycles. The maximum Gasteiger partial charge on any atom is 0.238 e. The number of hydrogen-bond acceptors (Lipinski definition) is 12. The monoisotopic (exact) mass is 1790 g/mol. The molecule has 0 radical (unpaired) electrons. The van der Waals surface area contributed by atoms with Crippen molar-refractivity contribution in [1.82, 2.24) is 49.4 Å². The third-order valence-electron chi connectivity index (χ3n) is 26.6. The van der Waals surface area contributed by atoms with Gasteiger partial charge in [-0.1, -0.05) is 376 Å². The smallest absolute Gasteiger partial charge is 0.238 e. The summed E-state index contributed by atoms with van der Waals surface area (Å²) in [4.78, 5) is 45.7. The Labute approximate surface area is 802 Å². The fourth-order valence-electron chi connectivity index (χ4n) is 19.7. The second-order valence-electron chi connectivity index (χ2n) is 35.0. The number of fused-ring (bicyclic) bond motifs is 16. The highest BCUT2D eigenvalue weighted by Crippen LogP contribution is 2.46. The molecule has 21 aromatic carbocycles. The third-order valence-corrected chi connectivity index (χ3v) is 26.6. The lowest BCUT2D eigenvalue weighted by molar-refractivity contribution is 0.668. The minimum Gasteiger partial charge on any atom is -0.456 e. The molecule has 7 aromatic heterocycles. The van der Waals surface area contributed by atoms with E-state index in [1.54, 1.807) is 0 Å². The Balaban J connectivity index is 0.000000108. The quantitative estimate of drug-likeness (QED) is 0.108. The number of hydrogen-bond donors (Lipinski definition) is 0. The number of aromatic nitrogens is 10. The first-order chi connectivity index (χ1) is 69.3. The molecule has 0 fully saturated rings. The zero-order chi connectivity index (χ0) is 92.5. The highest BCUT2D eigenvalue weighted by molar-refractivity contribution is 6.17. The zero-order valence-electron chi connectivity index (χ0n) is 75.2. The average molecular weight is 1790 g/mol. The highest BCUT2D eigenvalue weighted by Gasteiger charge is 2.25. The summed E-state index contributed by atoms with van der Waals surface area (Å²) in [7, 11) is 0. The van der Waals surface area contributed by atoms with Crippen molar-refractivity contribution in [3.8, 4) is 142 Å². The van der Waals surface area contributed by atoms with Crippen LogP contribution in [0, 0.1) is 0 Å². The van der Waals surface area contributed by atoms with E-state index in [-0.39, 0.29) is 0 Å². The van der Waals surface area contributed by atoms with Crippen LogP contribution in [-0.2, 0) is 0 Å². The molecular formula is C127H78N10O3. The lowest BCUT2D eigenvalue weighted by Crippen LogP contribution is -2.06. The van der Waals surface area contributed by atoms with Crippen LogP contribution in [0.2, 0.25) is 0 Å². The van der Waals surface area contributed by atoms with Crippen molar-refractivity contribution in [2.24, 2.45) is 0 Å². The van der Waals surface area contributed by atoms with Crippen molar-refractivity contribution in [2.45, 2.75) is 0 Å². The van der Waals surface area contributed by atoms with E-state index >= 15 is 0 Å². The molecule has 0 amide bonds. The highest BCUT2D eigenvalue weighted by atomic mass is 16.3. The van der Waals surface area contributed by atoms with Crippen LogP contribution in [0.5, 0.6) is 0 Å². The van der Waals surface area contributed by atoms with Crippen molar-refractivity contribution in [3.05, 3.63) is 473 Å². The maximum atomic E-state index is 6.37. The second kappa shape index (κ2) is 34.7. The van der Waals surface area contributed by atoms with Crippen LogP contribution < -0.4 is 0 Å². The van der Waals surface area contributed by atoms with E-state index in [1.165, 1.54) is 10.8 Å². The van der Waals surface area contributed by atoms with Crippen LogP contribution in [-0.4, -0.2) is 49.4 Å². The standard InChI is InChI=1S/C45H28N4O.2C41H25N3O/c1-3-11-29(12-4-1)31-19-21-32(22-20-31)43-46-44(48-45(47-43)49-39-17-9-7-15-35(39)36-16-8-10-18-40(36)49)34-24-26-41-38(27-34)37-25-23-33(28-42(37)50-41)30-13-5-2-6-14-30;1-2-12-27(13-3-1)39-42-40(29-22-21-26-11-4-5-14-28(26)25-29)44-41(43-39)34-24-23-32(30-15-6-7-16-31(30)34)33-18-10-20-37-38(33)35-17-8-9-19-36(35)45-37;1-2-11-27(12-3-1)39-42-40(30-19-18-26-10-4-5-13-28(26)24-30)44-41(43-39)35-22-21-31(32-14-6-7-15-33(32)35)29-20-23-38-36(25-29)34-16-8-9-17-37(34)45-38/h1-28H;2*1-25H. The fourth-order valence-corrected chi connectivity index (χ4v) is 19.7. The van der Waals surface area contributed by atoms with Crippen molar-refractivity contribution < 1.29 is 13.3 Å². The van der Waals surface area contributed by atoms with Gasteiger partial charge in [-0.2, -0.15) is 9.97 Å². The minimum absolute atomic E-state index is 0.569. The molecular weight excluding hydrogens is 1710 g/mol. The number of nitrogens with zero attached hydrogens (tertiary/aromatic N) is 10. The summed E-state index contributed by atoms with van der Waals surface area (Å²) in [5.74, 6) is 5.64. The first kappa shape index (κ1) is 81.6. The topological polar surface area (TPSA) is 160 Å². The van der Waals surface area contributed by atoms with Crippen molar-refractivity contribution in [3.63, 3.8) is 0 Å². The molecule has 140 heavy (non-hydrogen) atoms. The van der Waals surface area contributed by atoms with Gasteiger partial charge in [0.25, 0.3) is 0 Å². The van der Waals surface area contributed by atoms with Crippen LogP contribution in [0.25, 0.3) is 272 Å². The van der Waals surface area contributed by atoms with Gasteiger partial charge in [0.1, 0.15) is 33.5 Å². The van der Waals surface area contributed by atoms with Crippen LogP contribution in [0.15, 0.2) is 486 Å². The van der Waals surface area contributed by atoms with Gasteiger partial charge in [-0.15, -0.1) is 0 Å². The molecule has 28 aromatic rings. The van der Waals surface area contributed by atoms with E-state index in [0.717, 1.165) is 209 Å². The fraction of sp³-hybridized carbons (Fsp3) is 0. The van der Waals surface area contributed by atoms with Gasteiger partial charge in [-0.3, -0.25) is 4.57 Å². The number of rotatable bonds is 13. The summed E-state index contributed by atoms with van der Waals surface area (Å²) in [5.41, 5.74) is 24.0. The summed E-state index contributed by atoms with van der Waals surface area (Å²) < 4.78 is 20.8. The first-order valence-corrected chi connectivity index (χ1v) is 46.8. The molecule has 0 unspecified atom stereocenters. The maximum absolute atomic E-state index is 6.37. The predicted molar refractivity (Wildman–Crippen MR) is 571 cm³/mol. The van der Waals surface area contributed by atoms with Crippen LogP contribution in [0.3, 0.4) is 0 Å². The van der Waals surface area contributed by atoms with Gasteiger partial charge in [0, 0.05) is 87.6 Å². The van der Waals surface area contributed by atoms with E-state index in [9.17, 15) is 0 Å². The van der Waals surface area contributed by atoms with Crippen LogP contribution >= 0.6 is 0 Å². The van der Waals surface area contributed by atoms with E-state index in [0.29, 0.717) is 52.5 Å². The summed E-state index contributed by atoms with van der Waals surface area (Å²) in [6.07, 6.45) is 0. The van der Waals surface area contributed by atoms with Gasteiger partial charge >= 0.3 is 0 Å². The van der Waals surface area contributed by atoms with Crippen molar-refractivity contribution in [1.29, 1.82) is 0 Å². The second-order valence-corrected chi connectivity index (χ2v) is 35.0. The summed E-state index contributed by atoms with van der Waals surface area (Å²) in [6, 6.07) is 163. The molecule has 0 aliphatic rings. The Bertz CT molecular complexity index is 9670. The Hall–Kier alpha value is -19.1. The summed E-state index contributed by atoms with van der Waals surface area (Å²) in [5, 5.41) is 17.9. The Morgan fingerprint density at radius 1 is 0.143 bits per heavy atom. The van der Waals surface area contributed by atoms with E-state index in [2.05, 4.69) is 362 Å². The Kier molecular flexibility index (Phi) is 20.3.